The van der Waals surface area contributed by atoms with Crippen LogP contribution in [0.15, 0.2) is 0 Å². The molecule has 3 aliphatic carbocycles. The molecule has 62 valence electrons. The van der Waals surface area contributed by atoms with Crippen LogP contribution in [0.2, 0.25) is 0 Å². The molecule has 0 amide bonds. The summed E-state index contributed by atoms with van der Waals surface area (Å²) in [4.78, 5) is 0. The van der Waals surface area contributed by atoms with Gasteiger partial charge in [-0.25, -0.2) is 0 Å². The SMILES string of the molecule is CC(C)(C)C12CCCC3[C@H]1[C@H]32. The summed E-state index contributed by atoms with van der Waals surface area (Å²) < 4.78 is 0. The Balaban J connectivity index is 1.90. The highest BCUT2D eigenvalue weighted by Crippen LogP contribution is 2.91. The van der Waals surface area contributed by atoms with Gasteiger partial charge >= 0.3 is 0 Å². The molecule has 3 rings (SSSR count). The fourth-order valence-electron chi connectivity index (χ4n) is 4.22. The van der Waals surface area contributed by atoms with Gasteiger partial charge in [0.15, 0.2) is 0 Å². The zero-order valence-corrected chi connectivity index (χ0v) is 7.85. The first-order valence-corrected chi connectivity index (χ1v) is 5.09. The highest BCUT2D eigenvalue weighted by molar-refractivity contribution is 5.33. The average molecular weight is 150 g/mol. The first-order chi connectivity index (χ1) is 5.09. The number of rotatable bonds is 0. The molecule has 3 saturated carbocycles. The minimum absolute atomic E-state index is 0.610. The first-order valence-electron chi connectivity index (χ1n) is 5.09. The highest BCUT2D eigenvalue weighted by Gasteiger charge is 2.86. The van der Waals surface area contributed by atoms with Crippen LogP contribution in [0.3, 0.4) is 0 Å². The molecule has 0 aromatic heterocycles. The second-order valence-corrected chi connectivity index (χ2v) is 5.90. The van der Waals surface area contributed by atoms with Crippen LogP contribution in [-0.4, -0.2) is 0 Å². The van der Waals surface area contributed by atoms with E-state index >= 15 is 0 Å². The predicted octanol–water partition coefficient (Wildman–Crippen LogP) is 3.08. The molecule has 0 heteroatoms. The van der Waals surface area contributed by atoms with Gasteiger partial charge in [-0.1, -0.05) is 27.2 Å². The van der Waals surface area contributed by atoms with Gasteiger partial charge in [0.1, 0.15) is 0 Å². The Morgan fingerprint density at radius 2 is 1.82 bits per heavy atom. The van der Waals surface area contributed by atoms with Crippen molar-refractivity contribution in [2.75, 3.05) is 0 Å². The Hall–Kier alpha value is 0. The zero-order chi connectivity index (χ0) is 7.85. The minimum atomic E-state index is 0.610. The lowest BCUT2D eigenvalue weighted by atomic mass is 9.62. The van der Waals surface area contributed by atoms with Crippen molar-refractivity contribution in [3.05, 3.63) is 0 Å². The summed E-state index contributed by atoms with van der Waals surface area (Å²) in [5, 5.41) is 0. The van der Waals surface area contributed by atoms with E-state index in [4.69, 9.17) is 0 Å². The Morgan fingerprint density at radius 1 is 1.18 bits per heavy atom. The Labute approximate surface area is 69.4 Å². The van der Waals surface area contributed by atoms with Gasteiger partial charge in [-0.15, -0.1) is 0 Å². The lowest BCUT2D eigenvalue weighted by Gasteiger charge is -2.42. The standard InChI is InChI=1S/C11H18/c1-10(2,3)11-6-4-5-7-8(11)9(7)11/h7-9H,4-6H2,1-3H3/t7?,8-,9-,11?/m0/s1. The molecule has 0 aromatic rings. The molecule has 0 nitrogen and oxygen atoms in total. The van der Waals surface area contributed by atoms with Crippen molar-refractivity contribution < 1.29 is 0 Å². The molecular weight excluding hydrogens is 132 g/mol. The van der Waals surface area contributed by atoms with Gasteiger partial charge in [-0.05, 0) is 41.4 Å². The summed E-state index contributed by atoms with van der Waals surface area (Å²) >= 11 is 0. The van der Waals surface area contributed by atoms with Gasteiger partial charge in [-0.2, -0.15) is 0 Å². The summed E-state index contributed by atoms with van der Waals surface area (Å²) in [6, 6.07) is 0. The molecule has 0 N–H and O–H groups in total. The second-order valence-electron chi connectivity index (χ2n) is 5.90. The molecule has 0 unspecified atom stereocenters. The zero-order valence-electron chi connectivity index (χ0n) is 7.85. The van der Waals surface area contributed by atoms with Gasteiger partial charge < -0.3 is 0 Å². The van der Waals surface area contributed by atoms with Crippen LogP contribution in [0.25, 0.3) is 0 Å². The minimum Gasteiger partial charge on any atom is -0.0596 e. The smallest absolute Gasteiger partial charge is 0.0181 e. The van der Waals surface area contributed by atoms with Crippen molar-refractivity contribution in [1.82, 2.24) is 0 Å². The Kier molecular flexibility index (Phi) is 0.832. The number of fused-ring (bicyclic) bond motifs is 2. The maximum absolute atomic E-state index is 2.45. The van der Waals surface area contributed by atoms with E-state index in [2.05, 4.69) is 20.8 Å². The van der Waals surface area contributed by atoms with E-state index in [0.29, 0.717) is 5.41 Å². The van der Waals surface area contributed by atoms with Crippen molar-refractivity contribution in [3.8, 4) is 0 Å². The quantitative estimate of drug-likeness (QED) is 0.498. The van der Waals surface area contributed by atoms with Crippen LogP contribution in [-0.2, 0) is 0 Å². The lowest BCUT2D eigenvalue weighted by Crippen LogP contribution is -2.35. The summed E-state index contributed by atoms with van der Waals surface area (Å²) in [5.41, 5.74) is 1.45. The third-order valence-electron chi connectivity index (χ3n) is 4.77. The number of hydrogen-bond donors (Lipinski definition) is 0. The topological polar surface area (TPSA) is 0 Å². The highest BCUT2D eigenvalue weighted by atomic mass is 14.9. The summed E-state index contributed by atoms with van der Waals surface area (Å²) in [5.74, 6) is 3.58. The number of hydrogen-bond acceptors (Lipinski definition) is 0. The van der Waals surface area contributed by atoms with E-state index < -0.39 is 0 Å². The predicted molar refractivity (Wildman–Crippen MR) is 46.2 cm³/mol. The third kappa shape index (κ3) is 0.494. The molecule has 3 aliphatic rings. The maximum atomic E-state index is 2.45. The van der Waals surface area contributed by atoms with Crippen molar-refractivity contribution in [1.29, 1.82) is 0 Å². The van der Waals surface area contributed by atoms with Crippen LogP contribution in [0.5, 0.6) is 0 Å². The van der Waals surface area contributed by atoms with Gasteiger partial charge in [0.25, 0.3) is 0 Å². The van der Waals surface area contributed by atoms with E-state index in [-0.39, 0.29) is 0 Å². The fraction of sp³-hybridized carbons (Fsp3) is 1.00. The molecule has 3 fully saturated rings. The van der Waals surface area contributed by atoms with Crippen molar-refractivity contribution in [3.63, 3.8) is 0 Å². The Bertz CT molecular complexity index is 199. The van der Waals surface area contributed by atoms with Crippen molar-refractivity contribution in [2.24, 2.45) is 28.6 Å². The first kappa shape index (κ1) is 6.51. The van der Waals surface area contributed by atoms with Crippen LogP contribution >= 0.6 is 0 Å². The fourth-order valence-corrected chi connectivity index (χ4v) is 4.22. The molecule has 0 bridgehead atoms. The van der Waals surface area contributed by atoms with Crippen molar-refractivity contribution >= 4 is 0 Å². The average Bonchev–Trinajstić information content (AvgIpc) is 2.72. The molecule has 0 aliphatic heterocycles. The molecule has 11 heavy (non-hydrogen) atoms. The van der Waals surface area contributed by atoms with Gasteiger partial charge in [0, 0.05) is 0 Å². The molecule has 0 heterocycles. The van der Waals surface area contributed by atoms with Crippen LogP contribution < -0.4 is 0 Å². The summed E-state index contributed by atoms with van der Waals surface area (Å²) in [6.45, 7) is 7.34. The Morgan fingerprint density at radius 3 is 2.18 bits per heavy atom. The van der Waals surface area contributed by atoms with E-state index in [1.165, 1.54) is 24.2 Å². The summed E-state index contributed by atoms with van der Waals surface area (Å²) in [6.07, 6.45) is 4.63. The molecule has 0 saturated heterocycles. The molecule has 0 spiro atoms. The maximum Gasteiger partial charge on any atom is -0.0181 e. The largest absolute Gasteiger partial charge is 0.0596 e. The van der Waals surface area contributed by atoms with Gasteiger partial charge in [0.05, 0.1) is 0 Å². The lowest BCUT2D eigenvalue weighted by molar-refractivity contribution is 0.0648. The van der Waals surface area contributed by atoms with Crippen LogP contribution in [0.4, 0.5) is 0 Å². The monoisotopic (exact) mass is 150 g/mol. The van der Waals surface area contributed by atoms with Crippen LogP contribution in [0.1, 0.15) is 40.0 Å². The van der Waals surface area contributed by atoms with Crippen molar-refractivity contribution in [2.45, 2.75) is 40.0 Å². The summed E-state index contributed by atoms with van der Waals surface area (Å²) in [7, 11) is 0. The van der Waals surface area contributed by atoms with E-state index in [1.54, 1.807) is 12.8 Å². The molecule has 0 radical (unpaired) electrons. The van der Waals surface area contributed by atoms with E-state index in [9.17, 15) is 0 Å². The van der Waals surface area contributed by atoms with E-state index in [0.717, 1.165) is 5.41 Å². The van der Waals surface area contributed by atoms with Gasteiger partial charge in [-0.3, -0.25) is 0 Å². The third-order valence-corrected chi connectivity index (χ3v) is 4.77. The van der Waals surface area contributed by atoms with Crippen LogP contribution in [0, 0.1) is 28.6 Å². The van der Waals surface area contributed by atoms with Gasteiger partial charge in [0.2, 0.25) is 0 Å². The molecular formula is C11H18. The normalized spacial score (nSPS) is 58.6. The van der Waals surface area contributed by atoms with E-state index in [1.807, 2.05) is 0 Å². The molecule has 2 atom stereocenters. The second kappa shape index (κ2) is 1.41. The molecule has 0 aromatic carbocycles.